The van der Waals surface area contributed by atoms with Crippen molar-refractivity contribution in [2.75, 3.05) is 5.32 Å². The van der Waals surface area contributed by atoms with Crippen LogP contribution in [0.25, 0.3) is 11.8 Å². The Hall–Kier alpha value is -3.67. The fraction of sp³-hybridized carbons (Fsp3) is 0.0500. The predicted octanol–water partition coefficient (Wildman–Crippen LogP) is 2.55. The lowest BCUT2D eigenvalue weighted by atomic mass is 10.1. The van der Waals surface area contributed by atoms with Gasteiger partial charge in [-0.1, -0.05) is 30.3 Å². The van der Waals surface area contributed by atoms with Crippen LogP contribution >= 0.6 is 0 Å². The van der Waals surface area contributed by atoms with Crippen molar-refractivity contribution in [3.8, 4) is 5.69 Å². The molecule has 0 bridgehead atoms. The van der Waals surface area contributed by atoms with Crippen molar-refractivity contribution in [2.45, 2.75) is 6.42 Å². The van der Waals surface area contributed by atoms with Crippen molar-refractivity contribution in [3.63, 3.8) is 0 Å². The number of nitrogens with one attached hydrogen (secondary N) is 1. The summed E-state index contributed by atoms with van der Waals surface area (Å²) in [5.41, 5.74) is 8.38. The predicted molar refractivity (Wildman–Crippen MR) is 101 cm³/mol. The number of hydrogen-bond acceptors (Lipinski definition) is 3. The minimum atomic E-state index is -0.388. The molecule has 3 N–H and O–H groups in total. The molecule has 26 heavy (non-hydrogen) atoms. The number of carbonyl (C=O) groups excluding carboxylic acids is 2. The van der Waals surface area contributed by atoms with E-state index in [9.17, 15) is 9.59 Å². The molecule has 6 heteroatoms. The number of anilines is 1. The molecule has 0 saturated carbocycles. The van der Waals surface area contributed by atoms with Crippen molar-refractivity contribution in [3.05, 3.63) is 84.2 Å². The van der Waals surface area contributed by atoms with Gasteiger partial charge < -0.3 is 11.1 Å². The molecule has 6 nitrogen and oxygen atoms in total. The Labute approximate surface area is 151 Å². The first-order chi connectivity index (χ1) is 12.6. The van der Waals surface area contributed by atoms with Crippen molar-refractivity contribution < 1.29 is 9.59 Å². The molecule has 0 radical (unpaired) electrons. The highest BCUT2D eigenvalue weighted by Crippen LogP contribution is 2.11. The number of hydrogen-bond donors (Lipinski definition) is 2. The average molecular weight is 346 g/mol. The quantitative estimate of drug-likeness (QED) is 0.672. The zero-order chi connectivity index (χ0) is 18.4. The Bertz CT molecular complexity index is 928. The molecule has 0 spiro atoms. The standard InChI is InChI=1S/C20H18N4O2/c21-19(25)12-15-6-9-17(10-7-15)23-20(26)11-8-16-13-22-24(14-16)18-4-2-1-3-5-18/h1-11,13-14H,12H2,(H2,21,25)(H,23,26)/b11-8+. The summed E-state index contributed by atoms with van der Waals surface area (Å²) in [5.74, 6) is -0.638. The highest BCUT2D eigenvalue weighted by Gasteiger charge is 2.02. The molecule has 0 unspecified atom stereocenters. The van der Waals surface area contributed by atoms with Gasteiger partial charge >= 0.3 is 0 Å². The molecule has 0 saturated heterocycles. The van der Waals surface area contributed by atoms with Crippen LogP contribution in [0, 0.1) is 0 Å². The lowest BCUT2D eigenvalue weighted by Gasteiger charge is -2.03. The van der Waals surface area contributed by atoms with E-state index in [1.54, 1.807) is 41.2 Å². The van der Waals surface area contributed by atoms with E-state index in [-0.39, 0.29) is 18.2 Å². The lowest BCUT2D eigenvalue weighted by molar-refractivity contribution is -0.117. The third-order valence-electron chi connectivity index (χ3n) is 3.65. The number of amides is 2. The van der Waals surface area contributed by atoms with Crippen LogP contribution in [-0.4, -0.2) is 21.6 Å². The molecular formula is C20H18N4O2. The van der Waals surface area contributed by atoms with Crippen LogP contribution in [0.1, 0.15) is 11.1 Å². The van der Waals surface area contributed by atoms with Gasteiger partial charge in [-0.25, -0.2) is 4.68 Å². The Morgan fingerprint density at radius 2 is 1.81 bits per heavy atom. The van der Waals surface area contributed by atoms with Crippen LogP contribution in [0.15, 0.2) is 73.1 Å². The van der Waals surface area contributed by atoms with Gasteiger partial charge in [0.2, 0.25) is 11.8 Å². The molecule has 2 amide bonds. The van der Waals surface area contributed by atoms with E-state index >= 15 is 0 Å². The number of primary amides is 1. The molecule has 0 fully saturated rings. The SMILES string of the molecule is NC(=O)Cc1ccc(NC(=O)/C=C/c2cnn(-c3ccccc3)c2)cc1. The lowest BCUT2D eigenvalue weighted by Crippen LogP contribution is -2.13. The van der Waals surface area contributed by atoms with Crippen LogP contribution in [0.4, 0.5) is 5.69 Å². The third-order valence-corrected chi connectivity index (χ3v) is 3.65. The van der Waals surface area contributed by atoms with Gasteiger partial charge in [0, 0.05) is 23.5 Å². The molecule has 130 valence electrons. The summed E-state index contributed by atoms with van der Waals surface area (Å²) in [6.07, 6.45) is 6.86. The van der Waals surface area contributed by atoms with E-state index in [0.717, 1.165) is 16.8 Å². The zero-order valence-corrected chi connectivity index (χ0v) is 14.0. The van der Waals surface area contributed by atoms with E-state index in [1.807, 2.05) is 36.5 Å². The minimum absolute atomic E-state index is 0.180. The summed E-state index contributed by atoms with van der Waals surface area (Å²) in [6.45, 7) is 0. The Balaban J connectivity index is 1.59. The fourth-order valence-corrected chi connectivity index (χ4v) is 2.41. The Morgan fingerprint density at radius 1 is 1.08 bits per heavy atom. The van der Waals surface area contributed by atoms with Gasteiger partial charge in [-0.3, -0.25) is 9.59 Å². The first kappa shape index (κ1) is 17.2. The van der Waals surface area contributed by atoms with Gasteiger partial charge in [-0.2, -0.15) is 5.10 Å². The average Bonchev–Trinajstić information content (AvgIpc) is 3.11. The number of aromatic nitrogens is 2. The van der Waals surface area contributed by atoms with Crippen LogP contribution in [-0.2, 0) is 16.0 Å². The van der Waals surface area contributed by atoms with Gasteiger partial charge in [0.05, 0.1) is 18.3 Å². The second-order valence-electron chi connectivity index (χ2n) is 5.72. The van der Waals surface area contributed by atoms with Gasteiger partial charge in [0.25, 0.3) is 0 Å². The number of nitrogens with two attached hydrogens (primary N) is 1. The topological polar surface area (TPSA) is 90.0 Å². The van der Waals surface area contributed by atoms with Crippen molar-refractivity contribution in [2.24, 2.45) is 5.73 Å². The number of benzene rings is 2. The molecule has 1 heterocycles. The molecule has 0 atom stereocenters. The highest BCUT2D eigenvalue weighted by molar-refractivity contribution is 6.01. The Kier molecular flexibility index (Phi) is 5.24. The maximum atomic E-state index is 12.0. The molecule has 1 aromatic heterocycles. The molecule has 2 aromatic carbocycles. The van der Waals surface area contributed by atoms with Crippen molar-refractivity contribution >= 4 is 23.6 Å². The van der Waals surface area contributed by atoms with Gasteiger partial charge in [-0.15, -0.1) is 0 Å². The smallest absolute Gasteiger partial charge is 0.248 e. The Morgan fingerprint density at radius 3 is 2.50 bits per heavy atom. The molecule has 0 aliphatic heterocycles. The van der Waals surface area contributed by atoms with Crippen molar-refractivity contribution in [1.29, 1.82) is 0 Å². The summed E-state index contributed by atoms with van der Waals surface area (Å²) in [7, 11) is 0. The van der Waals surface area contributed by atoms with Crippen molar-refractivity contribution in [1.82, 2.24) is 9.78 Å². The van der Waals surface area contributed by atoms with Gasteiger partial charge in [0.1, 0.15) is 0 Å². The van der Waals surface area contributed by atoms with Gasteiger partial charge in [0.15, 0.2) is 0 Å². The number of rotatable bonds is 6. The van der Waals surface area contributed by atoms with E-state index in [4.69, 9.17) is 5.73 Å². The third kappa shape index (κ3) is 4.67. The van der Waals surface area contributed by atoms with E-state index in [2.05, 4.69) is 10.4 Å². The summed E-state index contributed by atoms with van der Waals surface area (Å²) < 4.78 is 1.75. The second kappa shape index (κ2) is 7.94. The molecular weight excluding hydrogens is 328 g/mol. The van der Waals surface area contributed by atoms with Crippen LogP contribution in [0.2, 0.25) is 0 Å². The normalized spacial score (nSPS) is 10.8. The van der Waals surface area contributed by atoms with E-state index < -0.39 is 0 Å². The fourth-order valence-electron chi connectivity index (χ4n) is 2.41. The van der Waals surface area contributed by atoms with Crippen LogP contribution in [0.5, 0.6) is 0 Å². The number of para-hydroxylation sites is 1. The first-order valence-electron chi connectivity index (χ1n) is 8.06. The molecule has 0 aliphatic rings. The highest BCUT2D eigenvalue weighted by atomic mass is 16.1. The maximum absolute atomic E-state index is 12.0. The summed E-state index contributed by atoms with van der Waals surface area (Å²) in [5, 5.41) is 7.04. The maximum Gasteiger partial charge on any atom is 0.248 e. The van der Waals surface area contributed by atoms with Crippen LogP contribution in [0.3, 0.4) is 0 Å². The van der Waals surface area contributed by atoms with Gasteiger partial charge in [-0.05, 0) is 35.9 Å². The largest absolute Gasteiger partial charge is 0.369 e. The first-order valence-corrected chi connectivity index (χ1v) is 8.06. The zero-order valence-electron chi connectivity index (χ0n) is 14.0. The number of nitrogens with zero attached hydrogens (tertiary/aromatic N) is 2. The molecule has 3 aromatic rings. The molecule has 3 rings (SSSR count). The van der Waals surface area contributed by atoms with E-state index in [1.165, 1.54) is 6.08 Å². The number of carbonyl (C=O) groups is 2. The summed E-state index contributed by atoms with van der Waals surface area (Å²) in [4.78, 5) is 22.9. The second-order valence-corrected chi connectivity index (χ2v) is 5.72. The summed E-state index contributed by atoms with van der Waals surface area (Å²) in [6, 6.07) is 16.7. The monoisotopic (exact) mass is 346 g/mol. The molecule has 0 aliphatic carbocycles. The summed E-state index contributed by atoms with van der Waals surface area (Å²) >= 11 is 0. The van der Waals surface area contributed by atoms with E-state index in [0.29, 0.717) is 5.69 Å². The van der Waals surface area contributed by atoms with Crippen LogP contribution < -0.4 is 11.1 Å². The minimum Gasteiger partial charge on any atom is -0.369 e.